The Kier molecular flexibility index (Phi) is 4.84. The van der Waals surface area contributed by atoms with Crippen molar-refractivity contribution in [2.75, 3.05) is 13.2 Å². The maximum absolute atomic E-state index is 12.0. The van der Waals surface area contributed by atoms with Gasteiger partial charge in [-0.05, 0) is 30.5 Å². The quantitative estimate of drug-likeness (QED) is 0.736. The van der Waals surface area contributed by atoms with Gasteiger partial charge in [-0.2, -0.15) is 0 Å². The van der Waals surface area contributed by atoms with Gasteiger partial charge in [0.15, 0.2) is 0 Å². The molecule has 2 heterocycles. The molecule has 2 aliphatic rings. The third-order valence-electron chi connectivity index (χ3n) is 4.34. The van der Waals surface area contributed by atoms with E-state index in [0.717, 1.165) is 17.7 Å². The molecule has 3 N–H and O–H groups in total. The highest BCUT2D eigenvalue weighted by atomic mass is 16.5. The summed E-state index contributed by atoms with van der Waals surface area (Å²) in [5, 5.41) is 22.1. The lowest BCUT2D eigenvalue weighted by Crippen LogP contribution is -2.55. The van der Waals surface area contributed by atoms with Crippen LogP contribution < -0.4 is 10.1 Å². The van der Waals surface area contributed by atoms with E-state index in [2.05, 4.69) is 11.4 Å². The molecule has 0 saturated carbocycles. The van der Waals surface area contributed by atoms with Crippen LogP contribution in [-0.2, 0) is 22.4 Å². The van der Waals surface area contributed by atoms with Crippen molar-refractivity contribution in [3.05, 3.63) is 29.3 Å². The Morgan fingerprint density at radius 3 is 3.00 bits per heavy atom. The van der Waals surface area contributed by atoms with Gasteiger partial charge in [0.2, 0.25) is 5.91 Å². The van der Waals surface area contributed by atoms with Crippen LogP contribution in [0.25, 0.3) is 0 Å². The fourth-order valence-electron chi connectivity index (χ4n) is 3.08. The van der Waals surface area contributed by atoms with Gasteiger partial charge < -0.3 is 25.0 Å². The van der Waals surface area contributed by atoms with Crippen LogP contribution in [0.5, 0.6) is 5.75 Å². The Morgan fingerprint density at radius 2 is 2.17 bits per heavy atom. The predicted octanol–water partition coefficient (Wildman–Crippen LogP) is 0.179. The van der Waals surface area contributed by atoms with E-state index in [1.54, 1.807) is 0 Å². The Balaban J connectivity index is 1.50. The lowest BCUT2D eigenvalue weighted by molar-refractivity contribution is -0.131. The first kappa shape index (κ1) is 16.2. The van der Waals surface area contributed by atoms with Crippen LogP contribution in [0.2, 0.25) is 0 Å². The minimum absolute atomic E-state index is 0.100. The molecule has 0 bridgehead atoms. The van der Waals surface area contributed by atoms with Gasteiger partial charge in [-0.15, -0.1) is 0 Å². The Hall–Kier alpha value is -1.63. The molecule has 3 rings (SSSR count). The molecule has 0 aromatic heterocycles. The van der Waals surface area contributed by atoms with Gasteiger partial charge in [-0.1, -0.05) is 12.1 Å². The van der Waals surface area contributed by atoms with Crippen LogP contribution in [0.4, 0.5) is 0 Å². The third kappa shape index (κ3) is 3.83. The van der Waals surface area contributed by atoms with Crippen LogP contribution in [0.3, 0.4) is 0 Å². The summed E-state index contributed by atoms with van der Waals surface area (Å²) < 4.78 is 10.8. The number of carbonyl (C=O) groups excluding carboxylic acids is 1. The van der Waals surface area contributed by atoms with Crippen molar-refractivity contribution in [1.29, 1.82) is 0 Å². The summed E-state index contributed by atoms with van der Waals surface area (Å²) in [5.41, 5.74) is 2.28. The van der Waals surface area contributed by atoms with E-state index in [1.807, 2.05) is 19.1 Å². The molecule has 6 heteroatoms. The fraction of sp³-hybridized carbons (Fsp3) is 0.588. The van der Waals surface area contributed by atoms with Gasteiger partial charge in [0.1, 0.15) is 24.1 Å². The van der Waals surface area contributed by atoms with Crippen LogP contribution in [-0.4, -0.2) is 53.7 Å². The number of ether oxygens (including phenoxy) is 2. The molecular formula is C17H23NO5. The minimum atomic E-state index is -0.980. The standard InChI is InChI=1S/C17H23NO5/c1-10-6-12-7-11(2-4-15(12)23-10)3-5-16(20)18-13-8-22-9-14(19)17(13)21/h2,4,7,10,13-14,17,19,21H,3,5-6,8-9H2,1H3,(H,18,20)/t10?,13-,14-,17+/m1/s1. The van der Waals surface area contributed by atoms with E-state index in [9.17, 15) is 15.0 Å². The zero-order valence-corrected chi connectivity index (χ0v) is 13.2. The smallest absolute Gasteiger partial charge is 0.220 e. The number of rotatable bonds is 4. The first-order valence-corrected chi connectivity index (χ1v) is 8.04. The van der Waals surface area contributed by atoms with Crippen LogP contribution >= 0.6 is 0 Å². The average molecular weight is 321 g/mol. The van der Waals surface area contributed by atoms with Crippen LogP contribution in [0.15, 0.2) is 18.2 Å². The molecule has 126 valence electrons. The SMILES string of the molecule is CC1Cc2cc(CCC(=O)N[C@@H]3COC[C@@H](O)[C@H]3O)ccc2O1. The first-order valence-electron chi connectivity index (χ1n) is 8.04. The van der Waals surface area contributed by atoms with Crippen molar-refractivity contribution in [1.82, 2.24) is 5.32 Å². The molecule has 6 nitrogen and oxygen atoms in total. The van der Waals surface area contributed by atoms with Gasteiger partial charge >= 0.3 is 0 Å². The zero-order valence-electron chi connectivity index (χ0n) is 13.2. The Labute approximate surface area is 135 Å². The van der Waals surface area contributed by atoms with Crippen molar-refractivity contribution >= 4 is 5.91 Å². The van der Waals surface area contributed by atoms with Gasteiger partial charge in [0.25, 0.3) is 0 Å². The third-order valence-corrected chi connectivity index (χ3v) is 4.34. The molecule has 1 unspecified atom stereocenters. The van der Waals surface area contributed by atoms with Gasteiger partial charge in [0, 0.05) is 12.8 Å². The van der Waals surface area contributed by atoms with Crippen molar-refractivity contribution < 1.29 is 24.5 Å². The number of amides is 1. The molecule has 2 aliphatic heterocycles. The molecule has 0 radical (unpaired) electrons. The fourth-order valence-corrected chi connectivity index (χ4v) is 3.08. The molecule has 4 atom stereocenters. The highest BCUT2D eigenvalue weighted by Gasteiger charge is 2.32. The highest BCUT2D eigenvalue weighted by molar-refractivity contribution is 5.76. The monoisotopic (exact) mass is 321 g/mol. The normalized spacial score (nSPS) is 29.7. The van der Waals surface area contributed by atoms with Gasteiger partial charge in [0.05, 0.1) is 19.3 Å². The van der Waals surface area contributed by atoms with E-state index >= 15 is 0 Å². The summed E-state index contributed by atoms with van der Waals surface area (Å²) in [7, 11) is 0. The summed E-state index contributed by atoms with van der Waals surface area (Å²) in [5.74, 6) is 0.777. The second-order valence-electron chi connectivity index (χ2n) is 6.34. The first-order chi connectivity index (χ1) is 11.0. The Bertz CT molecular complexity index is 576. The maximum Gasteiger partial charge on any atom is 0.220 e. The number of aryl methyl sites for hydroxylation is 1. The van der Waals surface area contributed by atoms with E-state index in [-0.39, 0.29) is 25.2 Å². The van der Waals surface area contributed by atoms with Crippen LogP contribution in [0, 0.1) is 0 Å². The number of benzene rings is 1. The van der Waals surface area contributed by atoms with Crippen molar-refractivity contribution in [3.8, 4) is 5.75 Å². The molecule has 1 saturated heterocycles. The number of aliphatic hydroxyl groups excluding tert-OH is 2. The summed E-state index contributed by atoms with van der Waals surface area (Å²) >= 11 is 0. The number of hydrogen-bond donors (Lipinski definition) is 3. The summed E-state index contributed by atoms with van der Waals surface area (Å²) in [6.07, 6.45) is 0.134. The minimum Gasteiger partial charge on any atom is -0.490 e. The lowest BCUT2D eigenvalue weighted by Gasteiger charge is -2.32. The predicted molar refractivity (Wildman–Crippen MR) is 83.3 cm³/mol. The molecule has 1 amide bonds. The summed E-state index contributed by atoms with van der Waals surface area (Å²) in [4.78, 5) is 12.0. The average Bonchev–Trinajstić information content (AvgIpc) is 2.89. The lowest BCUT2D eigenvalue weighted by atomic mass is 10.0. The van der Waals surface area contributed by atoms with E-state index in [0.29, 0.717) is 12.8 Å². The molecule has 23 heavy (non-hydrogen) atoms. The van der Waals surface area contributed by atoms with Gasteiger partial charge in [-0.25, -0.2) is 0 Å². The molecule has 1 aromatic rings. The highest BCUT2D eigenvalue weighted by Crippen LogP contribution is 2.29. The van der Waals surface area contributed by atoms with E-state index in [1.165, 1.54) is 5.56 Å². The van der Waals surface area contributed by atoms with E-state index in [4.69, 9.17) is 9.47 Å². The maximum atomic E-state index is 12.0. The largest absolute Gasteiger partial charge is 0.490 e. The summed E-state index contributed by atoms with van der Waals surface area (Å²) in [6.45, 7) is 2.36. The molecular weight excluding hydrogens is 298 g/mol. The number of fused-ring (bicyclic) bond motifs is 1. The second kappa shape index (κ2) is 6.86. The van der Waals surface area contributed by atoms with Crippen LogP contribution in [0.1, 0.15) is 24.5 Å². The number of nitrogens with one attached hydrogen (secondary N) is 1. The van der Waals surface area contributed by atoms with E-state index < -0.39 is 18.2 Å². The summed E-state index contributed by atoms with van der Waals surface area (Å²) in [6, 6.07) is 5.47. The molecule has 0 aliphatic carbocycles. The van der Waals surface area contributed by atoms with Gasteiger partial charge in [-0.3, -0.25) is 4.79 Å². The molecule has 0 spiro atoms. The van der Waals surface area contributed by atoms with Crippen molar-refractivity contribution in [2.24, 2.45) is 0 Å². The topological polar surface area (TPSA) is 88.0 Å². The second-order valence-corrected chi connectivity index (χ2v) is 6.34. The molecule has 1 fully saturated rings. The Morgan fingerprint density at radius 1 is 1.35 bits per heavy atom. The number of aliphatic hydroxyl groups is 2. The van der Waals surface area contributed by atoms with Crippen molar-refractivity contribution in [2.45, 2.75) is 50.5 Å². The molecule has 1 aromatic carbocycles. The number of carbonyl (C=O) groups is 1. The van der Waals surface area contributed by atoms with Crippen molar-refractivity contribution in [3.63, 3.8) is 0 Å². The number of hydrogen-bond acceptors (Lipinski definition) is 5. The zero-order chi connectivity index (χ0) is 16.4.